The van der Waals surface area contributed by atoms with Gasteiger partial charge in [-0.2, -0.15) is 0 Å². The Morgan fingerprint density at radius 1 is 0.833 bits per heavy atom. The largest absolute Gasteiger partial charge is 0.384 e. The van der Waals surface area contributed by atoms with Crippen LogP contribution in [0.4, 0.5) is 0 Å². The van der Waals surface area contributed by atoms with Crippen molar-refractivity contribution in [3.8, 4) is 11.1 Å². The minimum absolute atomic E-state index is 0.0653. The molecule has 3 N–H and O–H groups in total. The normalized spacial score (nSPS) is 14.7. The maximum Gasteiger partial charge on any atom is 0.237 e. The predicted octanol–water partition coefficient (Wildman–Crippen LogP) is 3.48. The van der Waals surface area contributed by atoms with E-state index in [4.69, 9.17) is 11.1 Å². The summed E-state index contributed by atoms with van der Waals surface area (Å²) in [7, 11) is 0. The number of hydrogen-bond acceptors (Lipinski definition) is 3. The molecule has 1 fully saturated rings. The third-order valence-corrected chi connectivity index (χ3v) is 5.45. The summed E-state index contributed by atoms with van der Waals surface area (Å²) in [5, 5.41) is 7.59. The fourth-order valence-corrected chi connectivity index (χ4v) is 3.86. The van der Waals surface area contributed by atoms with E-state index in [-0.39, 0.29) is 11.7 Å². The molecule has 5 heteroatoms. The summed E-state index contributed by atoms with van der Waals surface area (Å²) in [5.41, 5.74) is 10.9. The van der Waals surface area contributed by atoms with E-state index in [1.807, 2.05) is 47.4 Å². The van der Waals surface area contributed by atoms with Gasteiger partial charge >= 0.3 is 0 Å². The number of amidine groups is 1. The van der Waals surface area contributed by atoms with Crippen LogP contribution in [0.3, 0.4) is 0 Å². The first kappa shape index (κ1) is 19.9. The molecular formula is C25H26N4O. The number of nitrogens with zero attached hydrogens (tertiary/aromatic N) is 2. The zero-order chi connectivity index (χ0) is 20.9. The van der Waals surface area contributed by atoms with Gasteiger partial charge in [-0.1, -0.05) is 66.7 Å². The highest BCUT2D eigenvalue weighted by atomic mass is 16.2. The zero-order valence-corrected chi connectivity index (χ0v) is 16.9. The van der Waals surface area contributed by atoms with Gasteiger partial charge in [0.25, 0.3) is 0 Å². The maximum absolute atomic E-state index is 12.8. The first-order valence-corrected chi connectivity index (χ1v) is 10.2. The van der Waals surface area contributed by atoms with Gasteiger partial charge in [-0.15, -0.1) is 0 Å². The van der Waals surface area contributed by atoms with E-state index in [2.05, 4.69) is 41.3 Å². The van der Waals surface area contributed by atoms with Crippen LogP contribution in [0.2, 0.25) is 0 Å². The lowest BCUT2D eigenvalue weighted by Gasteiger charge is -2.34. The lowest BCUT2D eigenvalue weighted by atomic mass is 10.0. The monoisotopic (exact) mass is 398 g/mol. The number of hydrogen-bond donors (Lipinski definition) is 2. The molecule has 0 saturated carbocycles. The number of nitrogen functional groups attached to an aromatic ring is 1. The van der Waals surface area contributed by atoms with E-state index in [1.165, 1.54) is 11.1 Å². The quantitative estimate of drug-likeness (QED) is 0.493. The lowest BCUT2D eigenvalue weighted by Crippen LogP contribution is -2.49. The minimum atomic E-state index is 0.0653. The van der Waals surface area contributed by atoms with Crippen LogP contribution in [0, 0.1) is 5.41 Å². The molecule has 3 aromatic rings. The van der Waals surface area contributed by atoms with Crippen LogP contribution in [0.25, 0.3) is 11.1 Å². The number of nitrogens with two attached hydrogens (primary N) is 1. The Balaban J connectivity index is 1.38. The summed E-state index contributed by atoms with van der Waals surface area (Å²) in [6, 6.07) is 26.4. The van der Waals surface area contributed by atoms with Crippen LogP contribution < -0.4 is 5.73 Å². The number of carbonyl (C=O) groups excluding carboxylic acids is 1. The summed E-state index contributed by atoms with van der Waals surface area (Å²) in [6.45, 7) is 3.26. The fraction of sp³-hybridized carbons (Fsp3) is 0.200. The summed E-state index contributed by atoms with van der Waals surface area (Å²) in [4.78, 5) is 16.8. The van der Waals surface area contributed by atoms with Crippen molar-refractivity contribution in [3.63, 3.8) is 0 Å². The molecule has 0 bridgehead atoms. The average molecular weight is 399 g/mol. The molecule has 0 aliphatic carbocycles. The van der Waals surface area contributed by atoms with Crippen molar-refractivity contribution in [1.82, 2.24) is 9.80 Å². The molecular weight excluding hydrogens is 372 g/mol. The molecule has 152 valence electrons. The Bertz CT molecular complexity index is 1050. The van der Waals surface area contributed by atoms with Gasteiger partial charge in [-0.3, -0.25) is 15.1 Å². The topological polar surface area (TPSA) is 73.4 Å². The molecule has 4 rings (SSSR count). The van der Waals surface area contributed by atoms with E-state index in [0.29, 0.717) is 26.2 Å². The molecule has 1 aliphatic heterocycles. The average Bonchev–Trinajstić information content (AvgIpc) is 2.77. The van der Waals surface area contributed by atoms with E-state index in [9.17, 15) is 4.79 Å². The Morgan fingerprint density at radius 2 is 1.53 bits per heavy atom. The number of piperazine rings is 1. The Hall–Kier alpha value is -3.44. The first-order valence-electron chi connectivity index (χ1n) is 10.2. The minimum Gasteiger partial charge on any atom is -0.384 e. The molecule has 30 heavy (non-hydrogen) atoms. The second-order valence-corrected chi connectivity index (χ2v) is 7.71. The number of amides is 1. The van der Waals surface area contributed by atoms with Crippen molar-refractivity contribution in [2.45, 2.75) is 13.1 Å². The van der Waals surface area contributed by atoms with E-state index >= 15 is 0 Å². The molecule has 3 aromatic carbocycles. The summed E-state index contributed by atoms with van der Waals surface area (Å²) >= 11 is 0. The number of benzene rings is 3. The summed E-state index contributed by atoms with van der Waals surface area (Å²) in [5.74, 6) is 0.213. The Labute approximate surface area is 177 Å². The van der Waals surface area contributed by atoms with Gasteiger partial charge in [0.05, 0.1) is 6.54 Å². The van der Waals surface area contributed by atoms with E-state index in [1.54, 1.807) is 0 Å². The first-order chi connectivity index (χ1) is 14.6. The van der Waals surface area contributed by atoms with Gasteiger partial charge in [0, 0.05) is 31.7 Å². The highest BCUT2D eigenvalue weighted by Crippen LogP contribution is 2.21. The molecule has 1 saturated heterocycles. The Morgan fingerprint density at radius 3 is 2.27 bits per heavy atom. The highest BCUT2D eigenvalue weighted by molar-refractivity contribution is 5.95. The van der Waals surface area contributed by atoms with Crippen molar-refractivity contribution in [2.75, 3.05) is 19.6 Å². The molecule has 1 heterocycles. The summed E-state index contributed by atoms with van der Waals surface area (Å²) < 4.78 is 0. The molecule has 0 radical (unpaired) electrons. The van der Waals surface area contributed by atoms with Crippen LogP contribution in [0.15, 0.2) is 78.9 Å². The molecule has 0 atom stereocenters. The smallest absolute Gasteiger partial charge is 0.237 e. The van der Waals surface area contributed by atoms with Gasteiger partial charge in [-0.05, 0) is 34.4 Å². The molecule has 5 nitrogen and oxygen atoms in total. The van der Waals surface area contributed by atoms with Gasteiger partial charge in [-0.25, -0.2) is 0 Å². The van der Waals surface area contributed by atoms with Crippen LogP contribution in [-0.4, -0.2) is 41.2 Å². The highest BCUT2D eigenvalue weighted by Gasteiger charge is 2.24. The number of rotatable bonds is 6. The van der Waals surface area contributed by atoms with Gasteiger partial charge < -0.3 is 10.6 Å². The Kier molecular flexibility index (Phi) is 5.91. The SMILES string of the molecule is N=C(N)c1cccc(CN2CCN(Cc3cccc(-c4ccccc4)c3)C(=O)C2)c1. The van der Waals surface area contributed by atoms with Crippen LogP contribution in [0.1, 0.15) is 16.7 Å². The van der Waals surface area contributed by atoms with E-state index in [0.717, 1.165) is 23.2 Å². The van der Waals surface area contributed by atoms with Crippen LogP contribution >= 0.6 is 0 Å². The van der Waals surface area contributed by atoms with Gasteiger partial charge in [0.1, 0.15) is 5.84 Å². The van der Waals surface area contributed by atoms with Crippen molar-refractivity contribution < 1.29 is 4.79 Å². The van der Waals surface area contributed by atoms with Crippen molar-refractivity contribution in [1.29, 1.82) is 5.41 Å². The molecule has 1 amide bonds. The third kappa shape index (κ3) is 4.75. The van der Waals surface area contributed by atoms with Crippen molar-refractivity contribution >= 4 is 11.7 Å². The lowest BCUT2D eigenvalue weighted by molar-refractivity contribution is -0.136. The molecule has 0 unspecified atom stereocenters. The zero-order valence-electron chi connectivity index (χ0n) is 16.9. The second kappa shape index (κ2) is 8.93. The fourth-order valence-electron chi connectivity index (χ4n) is 3.86. The van der Waals surface area contributed by atoms with Crippen LogP contribution in [-0.2, 0) is 17.9 Å². The third-order valence-electron chi connectivity index (χ3n) is 5.45. The van der Waals surface area contributed by atoms with Gasteiger partial charge in [0.2, 0.25) is 5.91 Å². The maximum atomic E-state index is 12.8. The summed E-state index contributed by atoms with van der Waals surface area (Å²) in [6.07, 6.45) is 0. The van der Waals surface area contributed by atoms with Crippen molar-refractivity contribution in [3.05, 3.63) is 95.6 Å². The van der Waals surface area contributed by atoms with Gasteiger partial charge in [0.15, 0.2) is 0 Å². The van der Waals surface area contributed by atoms with E-state index < -0.39 is 0 Å². The molecule has 1 aliphatic rings. The number of carbonyl (C=O) groups is 1. The molecule has 0 aromatic heterocycles. The number of nitrogens with one attached hydrogen (secondary N) is 1. The predicted molar refractivity (Wildman–Crippen MR) is 120 cm³/mol. The second-order valence-electron chi connectivity index (χ2n) is 7.71. The molecule has 0 spiro atoms. The van der Waals surface area contributed by atoms with Crippen LogP contribution in [0.5, 0.6) is 0 Å². The standard InChI is InChI=1S/C25H26N4O/c26-25(27)23-11-5-6-19(15-23)16-28-12-13-29(24(30)18-28)17-20-7-4-10-22(14-20)21-8-2-1-3-9-21/h1-11,14-15H,12-13,16-18H2,(H3,26,27). The van der Waals surface area contributed by atoms with Crippen molar-refractivity contribution in [2.24, 2.45) is 5.73 Å².